The van der Waals surface area contributed by atoms with Crippen molar-refractivity contribution in [3.8, 4) is 0 Å². The van der Waals surface area contributed by atoms with Crippen LogP contribution in [0.5, 0.6) is 0 Å². The van der Waals surface area contributed by atoms with Gasteiger partial charge in [-0.25, -0.2) is 0 Å². The lowest BCUT2D eigenvalue weighted by Gasteiger charge is -2.41. The van der Waals surface area contributed by atoms with Crippen LogP contribution in [0, 0.1) is 5.41 Å². The molecule has 5 heteroatoms. The molecule has 0 bridgehead atoms. The standard InChI is InChI=1S/C19H27N3OS/c1-4-16(22-11-3-9-21-22)14-19(7-1)8-12-23-18(19)6-10-20-15-17-5-2-13-24-17/h2-3,5,9,11,13,16,18,20H,1,4,6-8,10,12,14-15H2. The van der Waals surface area contributed by atoms with Gasteiger partial charge >= 0.3 is 0 Å². The van der Waals surface area contributed by atoms with Gasteiger partial charge in [0, 0.05) is 35.8 Å². The van der Waals surface area contributed by atoms with Crippen molar-refractivity contribution in [3.63, 3.8) is 0 Å². The highest BCUT2D eigenvalue weighted by atomic mass is 32.1. The third-order valence-corrected chi connectivity index (χ3v) is 6.69. The van der Waals surface area contributed by atoms with E-state index in [2.05, 4.69) is 38.8 Å². The number of thiophene rings is 1. The average Bonchev–Trinajstić information content (AvgIpc) is 3.35. The Kier molecular flexibility index (Phi) is 5.01. The average molecular weight is 346 g/mol. The van der Waals surface area contributed by atoms with E-state index < -0.39 is 0 Å². The maximum atomic E-state index is 6.18. The fraction of sp³-hybridized carbons (Fsp3) is 0.632. The van der Waals surface area contributed by atoms with Crippen LogP contribution in [0.25, 0.3) is 0 Å². The monoisotopic (exact) mass is 345 g/mol. The Labute approximate surface area is 148 Å². The summed E-state index contributed by atoms with van der Waals surface area (Å²) in [6.45, 7) is 2.95. The second kappa shape index (κ2) is 7.38. The number of hydrogen-bond acceptors (Lipinski definition) is 4. The first-order valence-electron chi connectivity index (χ1n) is 9.20. The summed E-state index contributed by atoms with van der Waals surface area (Å²) in [6.07, 6.45) is 11.9. The number of rotatable bonds is 6. The summed E-state index contributed by atoms with van der Waals surface area (Å²) in [5.74, 6) is 0. The van der Waals surface area contributed by atoms with Crippen molar-refractivity contribution in [1.82, 2.24) is 15.1 Å². The molecular weight excluding hydrogens is 318 g/mol. The minimum absolute atomic E-state index is 0.374. The first kappa shape index (κ1) is 16.3. The molecule has 2 aromatic heterocycles. The van der Waals surface area contributed by atoms with Gasteiger partial charge in [-0.15, -0.1) is 11.3 Å². The number of ether oxygens (including phenoxy) is 1. The molecule has 0 amide bonds. The first-order chi connectivity index (χ1) is 11.9. The molecule has 0 radical (unpaired) electrons. The fourth-order valence-electron chi connectivity index (χ4n) is 4.59. The summed E-state index contributed by atoms with van der Waals surface area (Å²) in [5, 5.41) is 10.2. The summed E-state index contributed by atoms with van der Waals surface area (Å²) in [6, 6.07) is 6.91. The zero-order chi connectivity index (χ0) is 16.2. The lowest BCUT2D eigenvalue weighted by atomic mass is 9.67. The SMILES string of the molecule is c1csc(CNCCC2OCCC23CCCC(n2cccn2)C3)c1. The lowest BCUT2D eigenvalue weighted by Crippen LogP contribution is -2.38. The van der Waals surface area contributed by atoms with Gasteiger partial charge in [-0.3, -0.25) is 4.68 Å². The zero-order valence-corrected chi connectivity index (χ0v) is 15.0. The second-order valence-electron chi connectivity index (χ2n) is 7.25. The molecule has 1 saturated carbocycles. The van der Waals surface area contributed by atoms with Crippen LogP contribution in [0.1, 0.15) is 49.4 Å². The van der Waals surface area contributed by atoms with Crippen LogP contribution in [0.4, 0.5) is 0 Å². The molecule has 2 fully saturated rings. The Bertz CT molecular complexity index is 613. The van der Waals surface area contributed by atoms with E-state index >= 15 is 0 Å². The van der Waals surface area contributed by atoms with Crippen molar-refractivity contribution >= 4 is 11.3 Å². The summed E-state index contributed by atoms with van der Waals surface area (Å²) in [7, 11) is 0. The van der Waals surface area contributed by atoms with Crippen LogP contribution in [-0.4, -0.2) is 29.0 Å². The molecule has 2 aliphatic rings. The number of hydrogen-bond donors (Lipinski definition) is 1. The number of nitrogens with one attached hydrogen (secondary N) is 1. The van der Waals surface area contributed by atoms with Crippen LogP contribution in [0.2, 0.25) is 0 Å². The fourth-order valence-corrected chi connectivity index (χ4v) is 5.27. The molecule has 3 atom stereocenters. The highest BCUT2D eigenvalue weighted by molar-refractivity contribution is 7.09. The minimum atomic E-state index is 0.374. The Morgan fingerprint density at radius 1 is 1.38 bits per heavy atom. The highest BCUT2D eigenvalue weighted by Crippen LogP contribution is 2.51. The van der Waals surface area contributed by atoms with E-state index in [0.717, 1.165) is 26.1 Å². The van der Waals surface area contributed by atoms with Crippen LogP contribution in [-0.2, 0) is 11.3 Å². The Hall–Kier alpha value is -1.17. The minimum Gasteiger partial charge on any atom is -0.378 e. The maximum absolute atomic E-state index is 6.18. The first-order valence-corrected chi connectivity index (χ1v) is 10.1. The maximum Gasteiger partial charge on any atom is 0.0645 e. The molecule has 2 aromatic rings. The predicted molar refractivity (Wildman–Crippen MR) is 97.2 cm³/mol. The van der Waals surface area contributed by atoms with Crippen LogP contribution >= 0.6 is 11.3 Å². The lowest BCUT2D eigenvalue weighted by molar-refractivity contribution is 0.00937. The molecule has 3 unspecified atom stereocenters. The summed E-state index contributed by atoms with van der Waals surface area (Å²) in [5.41, 5.74) is 0.374. The van der Waals surface area contributed by atoms with Gasteiger partial charge in [0.15, 0.2) is 0 Å². The van der Waals surface area contributed by atoms with Crippen LogP contribution < -0.4 is 5.32 Å². The topological polar surface area (TPSA) is 39.1 Å². The van der Waals surface area contributed by atoms with Gasteiger partial charge in [0.05, 0.1) is 12.1 Å². The van der Waals surface area contributed by atoms with Crippen LogP contribution in [0.15, 0.2) is 36.0 Å². The molecule has 0 aromatic carbocycles. The van der Waals surface area contributed by atoms with E-state index in [1.54, 1.807) is 0 Å². The predicted octanol–water partition coefficient (Wildman–Crippen LogP) is 4.01. The quantitative estimate of drug-likeness (QED) is 0.804. The Balaban J connectivity index is 1.33. The van der Waals surface area contributed by atoms with Crippen molar-refractivity contribution < 1.29 is 4.74 Å². The van der Waals surface area contributed by atoms with Gasteiger partial charge in [0.25, 0.3) is 0 Å². The Morgan fingerprint density at radius 2 is 2.38 bits per heavy atom. The molecular formula is C19H27N3OS. The smallest absolute Gasteiger partial charge is 0.0645 e. The summed E-state index contributed by atoms with van der Waals surface area (Å²) in [4.78, 5) is 1.41. The van der Waals surface area contributed by atoms with Gasteiger partial charge in [-0.2, -0.15) is 5.10 Å². The van der Waals surface area contributed by atoms with Gasteiger partial charge in [-0.1, -0.05) is 12.5 Å². The largest absolute Gasteiger partial charge is 0.378 e. The van der Waals surface area contributed by atoms with Crippen molar-refractivity contribution in [2.24, 2.45) is 5.41 Å². The second-order valence-corrected chi connectivity index (χ2v) is 8.29. The van der Waals surface area contributed by atoms with Crippen molar-refractivity contribution in [2.45, 2.75) is 57.2 Å². The van der Waals surface area contributed by atoms with Crippen molar-refractivity contribution in [2.75, 3.05) is 13.2 Å². The third-order valence-electron chi connectivity index (χ3n) is 5.82. The molecule has 4 nitrogen and oxygen atoms in total. The van der Waals surface area contributed by atoms with Gasteiger partial charge in [0.1, 0.15) is 0 Å². The van der Waals surface area contributed by atoms with Gasteiger partial charge in [0.2, 0.25) is 0 Å². The normalized spacial score (nSPS) is 30.2. The summed E-state index contributed by atoms with van der Waals surface area (Å²) >= 11 is 1.82. The molecule has 24 heavy (non-hydrogen) atoms. The van der Waals surface area contributed by atoms with E-state index in [0.29, 0.717) is 17.6 Å². The van der Waals surface area contributed by atoms with Crippen LogP contribution in [0.3, 0.4) is 0 Å². The van der Waals surface area contributed by atoms with Crippen molar-refractivity contribution in [3.05, 3.63) is 40.8 Å². The molecule has 1 N–H and O–H groups in total. The molecule has 1 aliphatic carbocycles. The van der Waals surface area contributed by atoms with Gasteiger partial charge < -0.3 is 10.1 Å². The van der Waals surface area contributed by atoms with Gasteiger partial charge in [-0.05, 0) is 56.2 Å². The molecule has 130 valence electrons. The molecule has 1 spiro atoms. The van der Waals surface area contributed by atoms with E-state index in [-0.39, 0.29) is 0 Å². The Morgan fingerprint density at radius 3 is 3.21 bits per heavy atom. The van der Waals surface area contributed by atoms with E-state index in [1.165, 1.54) is 37.0 Å². The summed E-state index contributed by atoms with van der Waals surface area (Å²) < 4.78 is 8.35. The molecule has 4 rings (SSSR count). The molecule has 1 aliphatic heterocycles. The highest BCUT2D eigenvalue weighted by Gasteiger charge is 2.46. The van der Waals surface area contributed by atoms with E-state index in [9.17, 15) is 0 Å². The van der Waals surface area contributed by atoms with Crippen molar-refractivity contribution in [1.29, 1.82) is 0 Å². The molecule has 3 heterocycles. The van der Waals surface area contributed by atoms with E-state index in [4.69, 9.17) is 4.74 Å². The molecule has 1 saturated heterocycles. The number of aromatic nitrogens is 2. The third kappa shape index (κ3) is 3.44. The zero-order valence-electron chi connectivity index (χ0n) is 14.2. The number of nitrogens with zero attached hydrogens (tertiary/aromatic N) is 2. The van der Waals surface area contributed by atoms with E-state index in [1.807, 2.05) is 23.6 Å².